The smallest absolute Gasteiger partial charge is 0.408 e. The average molecular weight is 453 g/mol. The molecule has 3 N–H and O–H groups in total. The van der Waals surface area contributed by atoms with Gasteiger partial charge in [-0.15, -0.1) is 0 Å². The number of carbonyl (C=O) groups is 3. The van der Waals surface area contributed by atoms with Crippen molar-refractivity contribution in [2.24, 2.45) is 16.3 Å². The van der Waals surface area contributed by atoms with Crippen LogP contribution < -0.4 is 5.32 Å². The number of nitrogens with one attached hydrogen (secondary N) is 1. The SMILES string of the molecule is CC(C)CC(=NCCCCC(NC(=O)OC(C)(C)C)C(=O)O)C1=C(O)CC(C)(C)CC1=O. The molecule has 1 unspecified atom stereocenters. The Hall–Kier alpha value is -2.38. The number of aliphatic carboxylic acids is 1. The number of ketones is 1. The van der Waals surface area contributed by atoms with Crippen molar-refractivity contribution < 1.29 is 29.3 Å². The number of allylic oxidation sites excluding steroid dienone is 2. The fraction of sp³-hybridized carbons (Fsp3) is 0.750. The molecular formula is C24H40N2O6. The third-order valence-electron chi connectivity index (χ3n) is 4.94. The number of amides is 1. The molecular weight excluding hydrogens is 412 g/mol. The standard InChI is InChI=1S/C24H40N2O6/c1-15(2)12-17(20-18(27)13-24(6,7)14-19(20)28)25-11-9-8-10-16(21(29)30)26-22(31)32-23(3,4)5/h15-16,27H,8-14H2,1-7H3,(H,26,31)(H,29,30). The van der Waals surface area contributed by atoms with Crippen molar-refractivity contribution in [1.29, 1.82) is 0 Å². The van der Waals surface area contributed by atoms with Crippen LogP contribution in [0.2, 0.25) is 0 Å². The summed E-state index contributed by atoms with van der Waals surface area (Å²) in [7, 11) is 0. The fourth-order valence-corrected chi connectivity index (χ4v) is 3.63. The molecule has 0 spiro atoms. The zero-order valence-corrected chi connectivity index (χ0v) is 20.6. The van der Waals surface area contributed by atoms with Crippen LogP contribution in [-0.2, 0) is 14.3 Å². The molecule has 0 aromatic rings. The van der Waals surface area contributed by atoms with E-state index in [4.69, 9.17) is 4.74 Å². The molecule has 1 amide bonds. The second-order valence-corrected chi connectivity index (χ2v) is 10.7. The number of rotatable bonds is 10. The lowest BCUT2D eigenvalue weighted by Gasteiger charge is -2.30. The van der Waals surface area contributed by atoms with Gasteiger partial charge in [0, 0.05) is 25.1 Å². The molecule has 8 heteroatoms. The minimum atomic E-state index is -1.12. The molecule has 182 valence electrons. The average Bonchev–Trinajstić information content (AvgIpc) is 2.56. The van der Waals surface area contributed by atoms with Gasteiger partial charge in [0.1, 0.15) is 17.4 Å². The summed E-state index contributed by atoms with van der Waals surface area (Å²) < 4.78 is 5.12. The van der Waals surface area contributed by atoms with Crippen molar-refractivity contribution in [1.82, 2.24) is 5.32 Å². The van der Waals surface area contributed by atoms with E-state index in [1.54, 1.807) is 20.8 Å². The Bertz CT molecular complexity index is 759. The van der Waals surface area contributed by atoms with E-state index in [0.717, 1.165) is 0 Å². The number of nitrogens with zero attached hydrogens (tertiary/aromatic N) is 1. The van der Waals surface area contributed by atoms with Crippen LogP contribution in [0.5, 0.6) is 0 Å². The van der Waals surface area contributed by atoms with Crippen molar-refractivity contribution in [3.8, 4) is 0 Å². The summed E-state index contributed by atoms with van der Waals surface area (Å²) in [5, 5.41) is 22.3. The molecule has 0 heterocycles. The van der Waals surface area contributed by atoms with Gasteiger partial charge in [0.25, 0.3) is 0 Å². The van der Waals surface area contributed by atoms with E-state index in [2.05, 4.69) is 10.3 Å². The van der Waals surface area contributed by atoms with Gasteiger partial charge in [0.2, 0.25) is 0 Å². The molecule has 1 rings (SSSR count). The first-order valence-corrected chi connectivity index (χ1v) is 11.3. The Morgan fingerprint density at radius 3 is 2.31 bits per heavy atom. The molecule has 0 bridgehead atoms. The molecule has 32 heavy (non-hydrogen) atoms. The summed E-state index contributed by atoms with van der Waals surface area (Å²) in [5.74, 6) is -0.819. The molecule has 8 nitrogen and oxygen atoms in total. The minimum Gasteiger partial charge on any atom is -0.511 e. The molecule has 0 saturated heterocycles. The largest absolute Gasteiger partial charge is 0.511 e. The van der Waals surface area contributed by atoms with Gasteiger partial charge in [-0.05, 0) is 57.8 Å². The van der Waals surface area contributed by atoms with E-state index in [-0.39, 0.29) is 29.3 Å². The lowest BCUT2D eigenvalue weighted by molar-refractivity contribution is -0.139. The summed E-state index contributed by atoms with van der Waals surface area (Å²) in [6, 6.07) is -1.04. The van der Waals surface area contributed by atoms with Crippen LogP contribution in [0.15, 0.2) is 16.3 Å². The molecule has 0 fully saturated rings. The van der Waals surface area contributed by atoms with Gasteiger partial charge in [-0.3, -0.25) is 9.79 Å². The number of unbranched alkanes of at least 4 members (excludes halogenated alkanes) is 1. The Morgan fingerprint density at radius 2 is 1.81 bits per heavy atom. The van der Waals surface area contributed by atoms with Gasteiger partial charge in [0.05, 0.1) is 5.57 Å². The molecule has 0 radical (unpaired) electrons. The molecule has 0 aromatic heterocycles. The molecule has 0 saturated carbocycles. The highest BCUT2D eigenvalue weighted by atomic mass is 16.6. The quantitative estimate of drug-likeness (QED) is 0.322. The number of carboxylic acid groups (broad SMARTS) is 1. The number of aliphatic imine (C=N–C) groups is 1. The summed E-state index contributed by atoms with van der Waals surface area (Å²) in [6.07, 6.45) is 2.01. The fourth-order valence-electron chi connectivity index (χ4n) is 3.63. The highest BCUT2D eigenvalue weighted by Gasteiger charge is 2.35. The zero-order chi connectivity index (χ0) is 24.7. The topological polar surface area (TPSA) is 125 Å². The normalized spacial score (nSPS) is 18.0. The highest BCUT2D eigenvalue weighted by molar-refractivity contribution is 6.23. The number of hydrogen-bond donors (Lipinski definition) is 3. The third kappa shape index (κ3) is 9.83. The zero-order valence-electron chi connectivity index (χ0n) is 20.6. The number of aliphatic hydroxyl groups excluding tert-OH is 1. The Balaban J connectivity index is 2.74. The van der Waals surface area contributed by atoms with Crippen molar-refractivity contribution in [2.75, 3.05) is 6.54 Å². The summed E-state index contributed by atoms with van der Waals surface area (Å²) >= 11 is 0. The number of hydrogen-bond acceptors (Lipinski definition) is 6. The minimum absolute atomic E-state index is 0.0781. The molecule has 1 aliphatic rings. The van der Waals surface area contributed by atoms with Crippen LogP contribution in [0.25, 0.3) is 0 Å². The second kappa shape index (κ2) is 11.5. The number of ether oxygens (including phenoxy) is 1. The van der Waals surface area contributed by atoms with Gasteiger partial charge >= 0.3 is 12.1 Å². The number of alkyl carbamates (subject to hydrolysis) is 1. The van der Waals surface area contributed by atoms with Gasteiger partial charge in [-0.1, -0.05) is 27.7 Å². The third-order valence-corrected chi connectivity index (χ3v) is 4.94. The first-order chi connectivity index (χ1) is 14.6. The van der Waals surface area contributed by atoms with E-state index < -0.39 is 23.7 Å². The van der Waals surface area contributed by atoms with E-state index in [9.17, 15) is 24.6 Å². The van der Waals surface area contributed by atoms with E-state index in [1.807, 2.05) is 27.7 Å². The van der Waals surface area contributed by atoms with Crippen LogP contribution in [-0.4, -0.2) is 52.0 Å². The number of Topliss-reactive ketones (excluding diaryl/α,β-unsaturated/α-hetero) is 1. The number of aliphatic hydroxyl groups is 1. The van der Waals surface area contributed by atoms with Crippen LogP contribution in [0.1, 0.15) is 87.0 Å². The monoisotopic (exact) mass is 452 g/mol. The first kappa shape index (κ1) is 27.7. The predicted octanol–water partition coefficient (Wildman–Crippen LogP) is 4.82. The summed E-state index contributed by atoms with van der Waals surface area (Å²) in [6.45, 7) is 13.5. The summed E-state index contributed by atoms with van der Waals surface area (Å²) in [5.41, 5.74) is 0.00838. The van der Waals surface area contributed by atoms with E-state index in [1.165, 1.54) is 0 Å². The van der Waals surface area contributed by atoms with E-state index >= 15 is 0 Å². The Kier molecular flexibility index (Phi) is 9.92. The van der Waals surface area contributed by atoms with Crippen molar-refractivity contribution in [3.05, 3.63) is 11.3 Å². The first-order valence-electron chi connectivity index (χ1n) is 11.3. The number of carboxylic acids is 1. The van der Waals surface area contributed by atoms with Gasteiger partial charge in [-0.25, -0.2) is 9.59 Å². The van der Waals surface area contributed by atoms with E-state index in [0.29, 0.717) is 49.9 Å². The lowest BCUT2D eigenvalue weighted by Crippen LogP contribution is -2.43. The van der Waals surface area contributed by atoms with Crippen molar-refractivity contribution >= 4 is 23.6 Å². The predicted molar refractivity (Wildman–Crippen MR) is 124 cm³/mol. The molecule has 1 aliphatic carbocycles. The Morgan fingerprint density at radius 1 is 1.19 bits per heavy atom. The lowest BCUT2D eigenvalue weighted by atomic mass is 9.75. The summed E-state index contributed by atoms with van der Waals surface area (Å²) in [4.78, 5) is 40.6. The highest BCUT2D eigenvalue weighted by Crippen LogP contribution is 2.36. The maximum absolute atomic E-state index is 12.7. The maximum atomic E-state index is 12.7. The van der Waals surface area contributed by atoms with Crippen molar-refractivity contribution in [3.63, 3.8) is 0 Å². The molecule has 1 atom stereocenters. The maximum Gasteiger partial charge on any atom is 0.408 e. The Labute approximate surface area is 191 Å². The molecule has 0 aliphatic heterocycles. The van der Waals surface area contributed by atoms with Gasteiger partial charge in [0.15, 0.2) is 5.78 Å². The number of carbonyl (C=O) groups excluding carboxylic acids is 2. The van der Waals surface area contributed by atoms with Crippen LogP contribution in [0.4, 0.5) is 4.79 Å². The van der Waals surface area contributed by atoms with Gasteiger partial charge in [-0.2, -0.15) is 0 Å². The molecule has 0 aromatic carbocycles. The van der Waals surface area contributed by atoms with Crippen LogP contribution in [0.3, 0.4) is 0 Å². The van der Waals surface area contributed by atoms with Gasteiger partial charge < -0.3 is 20.3 Å². The van der Waals surface area contributed by atoms with Crippen LogP contribution >= 0.6 is 0 Å². The van der Waals surface area contributed by atoms with Crippen LogP contribution in [0, 0.1) is 11.3 Å². The second-order valence-electron chi connectivity index (χ2n) is 10.7. The van der Waals surface area contributed by atoms with Crippen molar-refractivity contribution in [2.45, 2.75) is 98.6 Å².